The Hall–Kier alpha value is -3.81. The number of benzene rings is 2. The Morgan fingerprint density at radius 1 is 1.14 bits per heavy atom. The van der Waals surface area contributed by atoms with Gasteiger partial charge in [0.2, 0.25) is 0 Å². The van der Waals surface area contributed by atoms with Gasteiger partial charge in [-0.3, -0.25) is 9.89 Å². The average Bonchev–Trinajstić information content (AvgIpc) is 3.25. The highest BCUT2D eigenvalue weighted by Gasteiger charge is 2.15. The Bertz CT molecular complexity index is 1030. The quantitative estimate of drug-likeness (QED) is 0.421. The number of nitrogens with zero attached hydrogens (tertiary/aromatic N) is 2. The van der Waals surface area contributed by atoms with Crippen LogP contribution in [0.2, 0.25) is 0 Å². The van der Waals surface area contributed by atoms with Crippen LogP contribution < -0.4 is 14.9 Å². The van der Waals surface area contributed by atoms with Crippen LogP contribution in [-0.2, 0) is 0 Å². The molecule has 0 fully saturated rings. The van der Waals surface area contributed by atoms with Gasteiger partial charge in [0.05, 0.1) is 25.6 Å². The largest absolute Gasteiger partial charge is 0.508 e. The number of carbonyl (C=O) groups excluding carboxylic acids is 1. The maximum absolute atomic E-state index is 12.5. The highest BCUT2D eigenvalue weighted by molar-refractivity contribution is 6.02. The summed E-state index contributed by atoms with van der Waals surface area (Å²) in [7, 11) is 3.14. The first kappa shape index (κ1) is 19.9. The number of rotatable bonds is 7. The molecule has 29 heavy (non-hydrogen) atoms. The first-order valence-corrected chi connectivity index (χ1v) is 8.99. The number of amides is 1. The van der Waals surface area contributed by atoms with Crippen molar-refractivity contribution in [2.45, 2.75) is 13.3 Å². The van der Waals surface area contributed by atoms with Crippen LogP contribution in [0.3, 0.4) is 0 Å². The van der Waals surface area contributed by atoms with E-state index in [2.05, 4.69) is 20.7 Å². The Kier molecular flexibility index (Phi) is 6.13. The maximum Gasteiger partial charge on any atom is 0.289 e. The molecule has 8 heteroatoms. The van der Waals surface area contributed by atoms with Crippen molar-refractivity contribution >= 4 is 11.6 Å². The van der Waals surface area contributed by atoms with Crippen LogP contribution >= 0.6 is 0 Å². The monoisotopic (exact) mass is 394 g/mol. The molecule has 1 amide bonds. The number of aromatic hydroxyl groups is 1. The van der Waals surface area contributed by atoms with E-state index in [1.54, 1.807) is 62.8 Å². The lowest BCUT2D eigenvalue weighted by atomic mass is 10.1. The van der Waals surface area contributed by atoms with E-state index in [-0.39, 0.29) is 11.4 Å². The van der Waals surface area contributed by atoms with Crippen molar-refractivity contribution in [1.29, 1.82) is 0 Å². The molecule has 2 aromatic carbocycles. The number of phenols is 1. The van der Waals surface area contributed by atoms with Gasteiger partial charge in [0.25, 0.3) is 5.91 Å². The van der Waals surface area contributed by atoms with E-state index >= 15 is 0 Å². The Morgan fingerprint density at radius 3 is 2.55 bits per heavy atom. The fourth-order valence-corrected chi connectivity index (χ4v) is 2.77. The molecule has 0 saturated heterocycles. The number of hydrogen-bond acceptors (Lipinski definition) is 6. The molecule has 0 aliphatic rings. The van der Waals surface area contributed by atoms with Gasteiger partial charge in [-0.15, -0.1) is 0 Å². The fraction of sp³-hybridized carbons (Fsp3) is 0.190. The van der Waals surface area contributed by atoms with E-state index < -0.39 is 5.91 Å². The lowest BCUT2D eigenvalue weighted by molar-refractivity contribution is 0.0950. The molecule has 0 saturated carbocycles. The van der Waals surface area contributed by atoms with Gasteiger partial charge >= 0.3 is 0 Å². The number of carbonyl (C=O) groups is 1. The molecular weight excluding hydrogens is 372 g/mol. The molecule has 1 heterocycles. The van der Waals surface area contributed by atoms with E-state index in [4.69, 9.17) is 9.47 Å². The van der Waals surface area contributed by atoms with Crippen LogP contribution in [0.4, 0.5) is 0 Å². The third-order valence-corrected chi connectivity index (χ3v) is 4.33. The third kappa shape index (κ3) is 4.55. The van der Waals surface area contributed by atoms with E-state index in [0.717, 1.165) is 5.56 Å². The Labute approximate surface area is 168 Å². The number of phenolic OH excluding ortho intramolecular Hbond substituents is 1. The van der Waals surface area contributed by atoms with Crippen LogP contribution in [0.1, 0.15) is 29.4 Å². The van der Waals surface area contributed by atoms with Crippen LogP contribution in [-0.4, -0.2) is 41.1 Å². The summed E-state index contributed by atoms with van der Waals surface area (Å²) in [6, 6.07) is 13.6. The number of aromatic amines is 1. The number of aromatic nitrogens is 2. The SMILES string of the molecule is CC/C(=N\NC(=O)c1cc(-c2cc(OC)ccc2OC)n[nH]1)c1ccc(O)cc1. The topological polar surface area (TPSA) is 109 Å². The molecule has 0 bridgehead atoms. The molecule has 3 N–H and O–H groups in total. The lowest BCUT2D eigenvalue weighted by Crippen LogP contribution is -2.20. The fourth-order valence-electron chi connectivity index (χ4n) is 2.77. The second-order valence-corrected chi connectivity index (χ2v) is 6.13. The van der Waals surface area contributed by atoms with Crippen molar-refractivity contribution in [2.24, 2.45) is 5.10 Å². The number of H-pyrrole nitrogens is 1. The summed E-state index contributed by atoms with van der Waals surface area (Å²) in [4.78, 5) is 12.5. The zero-order valence-electron chi connectivity index (χ0n) is 16.4. The van der Waals surface area contributed by atoms with E-state index in [0.29, 0.717) is 34.9 Å². The molecule has 1 aromatic heterocycles. The number of methoxy groups -OCH3 is 2. The lowest BCUT2D eigenvalue weighted by Gasteiger charge is -2.08. The minimum absolute atomic E-state index is 0.172. The summed E-state index contributed by atoms with van der Waals surface area (Å²) in [6.45, 7) is 1.93. The van der Waals surface area contributed by atoms with E-state index in [1.807, 2.05) is 6.92 Å². The number of hydrogen-bond donors (Lipinski definition) is 3. The third-order valence-electron chi connectivity index (χ3n) is 4.33. The van der Waals surface area contributed by atoms with Crippen molar-refractivity contribution in [2.75, 3.05) is 14.2 Å². The standard InChI is InChI=1S/C21H22N4O4/c1-4-17(13-5-7-14(26)8-6-13)22-25-21(27)19-12-18(23-24-19)16-11-15(28-2)9-10-20(16)29-3/h5-12,26H,4H2,1-3H3,(H,23,24)(H,25,27)/b22-17+. The highest BCUT2D eigenvalue weighted by Crippen LogP contribution is 2.32. The summed E-state index contributed by atoms with van der Waals surface area (Å²) < 4.78 is 10.6. The zero-order chi connectivity index (χ0) is 20.8. The molecule has 150 valence electrons. The van der Waals surface area contributed by atoms with Gasteiger partial charge in [0, 0.05) is 5.56 Å². The molecule has 0 radical (unpaired) electrons. The van der Waals surface area contributed by atoms with Gasteiger partial charge in [-0.25, -0.2) is 5.43 Å². The minimum atomic E-state index is -0.421. The first-order valence-electron chi connectivity index (χ1n) is 8.99. The number of ether oxygens (including phenoxy) is 2. The predicted octanol–water partition coefficient (Wildman–Crippen LogP) is 3.34. The zero-order valence-corrected chi connectivity index (χ0v) is 16.4. The molecule has 0 unspecified atom stereocenters. The maximum atomic E-state index is 12.5. The van der Waals surface area contributed by atoms with E-state index in [9.17, 15) is 9.90 Å². The molecule has 3 rings (SSSR count). The second kappa shape index (κ2) is 8.92. The second-order valence-electron chi connectivity index (χ2n) is 6.13. The van der Waals surface area contributed by atoms with Crippen LogP contribution in [0.25, 0.3) is 11.3 Å². The summed E-state index contributed by atoms with van der Waals surface area (Å²) in [5, 5.41) is 20.5. The van der Waals surface area contributed by atoms with Crippen LogP contribution in [0.5, 0.6) is 17.2 Å². The van der Waals surface area contributed by atoms with Crippen molar-refractivity contribution in [3.05, 3.63) is 59.8 Å². The van der Waals surface area contributed by atoms with Gasteiger partial charge in [-0.05, 0) is 60.5 Å². The number of hydrazone groups is 1. The van der Waals surface area contributed by atoms with Gasteiger partial charge in [0.1, 0.15) is 22.9 Å². The summed E-state index contributed by atoms with van der Waals surface area (Å²) >= 11 is 0. The van der Waals surface area contributed by atoms with Crippen molar-refractivity contribution in [3.8, 4) is 28.5 Å². The predicted molar refractivity (Wildman–Crippen MR) is 110 cm³/mol. The van der Waals surface area contributed by atoms with E-state index in [1.165, 1.54) is 0 Å². The summed E-state index contributed by atoms with van der Waals surface area (Å²) in [5.74, 6) is 1.02. The minimum Gasteiger partial charge on any atom is -0.508 e. The molecule has 0 atom stereocenters. The molecule has 8 nitrogen and oxygen atoms in total. The molecule has 3 aromatic rings. The molecule has 0 aliphatic carbocycles. The first-order chi connectivity index (χ1) is 14.0. The molecular formula is C21H22N4O4. The van der Waals surface area contributed by atoms with Gasteiger partial charge in [0.15, 0.2) is 0 Å². The smallest absolute Gasteiger partial charge is 0.289 e. The van der Waals surface area contributed by atoms with Crippen LogP contribution in [0.15, 0.2) is 53.6 Å². The molecule has 0 spiro atoms. The van der Waals surface area contributed by atoms with Crippen LogP contribution in [0, 0.1) is 0 Å². The summed E-state index contributed by atoms with van der Waals surface area (Å²) in [5.41, 5.74) is 5.55. The van der Waals surface area contributed by atoms with Crippen molar-refractivity contribution in [1.82, 2.24) is 15.6 Å². The Morgan fingerprint density at radius 2 is 1.90 bits per heavy atom. The average molecular weight is 394 g/mol. The normalized spacial score (nSPS) is 11.2. The Balaban J connectivity index is 1.80. The summed E-state index contributed by atoms with van der Waals surface area (Å²) in [6.07, 6.45) is 0.611. The van der Waals surface area contributed by atoms with Crippen molar-refractivity contribution in [3.63, 3.8) is 0 Å². The van der Waals surface area contributed by atoms with Gasteiger partial charge in [-0.1, -0.05) is 6.92 Å². The van der Waals surface area contributed by atoms with Gasteiger partial charge in [-0.2, -0.15) is 10.2 Å². The molecule has 0 aliphatic heterocycles. The number of nitrogens with one attached hydrogen (secondary N) is 2. The van der Waals surface area contributed by atoms with Gasteiger partial charge < -0.3 is 14.6 Å². The van der Waals surface area contributed by atoms with Crippen molar-refractivity contribution < 1.29 is 19.4 Å². The highest BCUT2D eigenvalue weighted by atomic mass is 16.5.